The van der Waals surface area contributed by atoms with Gasteiger partial charge in [-0.05, 0) is 18.2 Å². The molecule has 0 saturated heterocycles. The minimum absolute atomic E-state index is 0.0202. The van der Waals surface area contributed by atoms with Gasteiger partial charge in [-0.15, -0.1) is 0 Å². The van der Waals surface area contributed by atoms with Crippen LogP contribution in [0.15, 0.2) is 255 Å². The first-order valence-electron chi connectivity index (χ1n) is 34.1. The van der Waals surface area contributed by atoms with Crippen molar-refractivity contribution < 1.29 is 36.4 Å². The maximum absolute atomic E-state index is 10.1. The minimum atomic E-state index is -2.68. The summed E-state index contributed by atoms with van der Waals surface area (Å²) in [7, 11) is 0. The Morgan fingerprint density at radius 2 is 1.07 bits per heavy atom. The molecule has 8 heteroatoms. The molecule has 0 amide bonds. The van der Waals surface area contributed by atoms with Gasteiger partial charge in [0.15, 0.2) is 0 Å². The van der Waals surface area contributed by atoms with E-state index in [0.29, 0.717) is 43.3 Å². The summed E-state index contributed by atoms with van der Waals surface area (Å²) in [5.41, 5.74) is 12.7. The van der Waals surface area contributed by atoms with Crippen molar-refractivity contribution >= 4 is 46.4 Å². The zero-order valence-corrected chi connectivity index (χ0v) is 52.3. The van der Waals surface area contributed by atoms with Gasteiger partial charge in [0.25, 0.3) is 0 Å². The average Bonchev–Trinajstić information content (AvgIpc) is 1.41. The van der Waals surface area contributed by atoms with Crippen molar-refractivity contribution in [3.63, 3.8) is 0 Å². The molecule has 12 aromatic rings. The normalized spacial score (nSPS) is 14.4. The van der Waals surface area contributed by atoms with Crippen LogP contribution in [0.2, 0.25) is 0 Å². The summed E-state index contributed by atoms with van der Waals surface area (Å²) in [6, 6.07) is 73.7. The molecule has 432 valence electrons. The first-order chi connectivity index (χ1) is 45.7. The molecule has 10 aromatic carbocycles. The summed E-state index contributed by atoms with van der Waals surface area (Å²) in [5, 5.41) is 0. The Labute approximate surface area is 537 Å². The van der Waals surface area contributed by atoms with Crippen LogP contribution in [0.5, 0.6) is 11.6 Å². The molecule has 0 unspecified atom stereocenters. The quantitative estimate of drug-likeness (QED) is 0.108. The van der Waals surface area contributed by atoms with Crippen molar-refractivity contribution in [1.82, 2.24) is 14.1 Å². The zero-order valence-electron chi connectivity index (χ0n) is 59.1. The number of fused-ring (bicyclic) bond motifs is 2. The van der Waals surface area contributed by atoms with Crippen molar-refractivity contribution in [1.29, 1.82) is 0 Å². The second kappa shape index (κ2) is 23.3. The van der Waals surface area contributed by atoms with Gasteiger partial charge >= 0.3 is 456 Å². The van der Waals surface area contributed by atoms with Crippen LogP contribution < -0.4 is 19.8 Å². The van der Waals surface area contributed by atoms with Gasteiger partial charge in [-0.2, -0.15) is 0 Å². The van der Waals surface area contributed by atoms with Crippen LogP contribution in [0, 0.1) is 16.6 Å². The monoisotopic (exact) mass is 1320 g/mol. The van der Waals surface area contributed by atoms with Crippen LogP contribution in [-0.4, -0.2) is 21.1 Å². The maximum atomic E-state index is 10.1. The molecule has 0 atom stereocenters. The number of aryl methyl sites for hydroxylation is 1. The number of nitrogens with zero attached hydrogens (tertiary/aromatic N) is 5. The van der Waals surface area contributed by atoms with Crippen LogP contribution in [0.4, 0.5) is 22.9 Å². The number of hydrogen-bond acceptors (Lipinski definition) is 4. The van der Waals surface area contributed by atoms with Crippen molar-refractivity contribution in [2.24, 2.45) is 5.92 Å². The summed E-state index contributed by atoms with van der Waals surface area (Å²) < 4.78 is 97.6. The third-order valence-corrected chi connectivity index (χ3v) is 17.1. The van der Waals surface area contributed by atoms with E-state index in [2.05, 4.69) is 143 Å². The van der Waals surface area contributed by atoms with Gasteiger partial charge in [0.2, 0.25) is 0 Å². The number of imidazole rings is 1. The number of pyridine rings is 1. The number of anilines is 4. The molecule has 87 heavy (non-hydrogen) atoms. The fraction of sp³-hybridized carbons (Fsp3) is 0.165. The van der Waals surface area contributed by atoms with Gasteiger partial charge < -0.3 is 0 Å². The second-order valence-electron chi connectivity index (χ2n) is 24.6. The molecule has 1 aliphatic heterocycles. The van der Waals surface area contributed by atoms with E-state index in [9.17, 15) is 12.3 Å². The zero-order chi connectivity index (χ0) is 67.9. The van der Waals surface area contributed by atoms with Gasteiger partial charge in [0.1, 0.15) is 0 Å². The number of rotatable bonds is 13. The average molecular weight is 1320 g/mol. The van der Waals surface area contributed by atoms with E-state index in [0.717, 1.165) is 55.9 Å². The molecular weight excluding hydrogens is 1240 g/mol. The van der Waals surface area contributed by atoms with Crippen molar-refractivity contribution in [3.05, 3.63) is 281 Å². The fourth-order valence-corrected chi connectivity index (χ4v) is 12.9. The van der Waals surface area contributed by atoms with E-state index in [-0.39, 0.29) is 56.7 Å². The van der Waals surface area contributed by atoms with Gasteiger partial charge in [-0.1, -0.05) is 60.7 Å². The SMILES string of the molecule is [2H]c1c([2H])c([2H])c2c(c1[2H])n(-c1cccc(Oc3nc(N4B(c5ccccc5)N(c5ccccc5)c5ccccc54)cc(C([2H])([2H])[2H])c3-c3ccccc3)c1)[c](=[Pt])n2-c1c(-c2ccc(-c3ccccc3)cc2)cc(C([2H])([2H])C(C)C)cc1-c1cc(C(C)(C)C)cc(C(C)(C)C)c1. The molecule has 2 aromatic heterocycles. The summed E-state index contributed by atoms with van der Waals surface area (Å²) in [6.07, 6.45) is -1.83. The predicted molar refractivity (Wildman–Crippen MR) is 362 cm³/mol. The van der Waals surface area contributed by atoms with Crippen LogP contribution in [0.3, 0.4) is 0 Å². The summed E-state index contributed by atoms with van der Waals surface area (Å²) >= 11 is 2.23. The van der Waals surface area contributed by atoms with Crippen molar-refractivity contribution in [2.45, 2.75) is 79.4 Å². The molecule has 3 heterocycles. The number of benzene rings is 10. The van der Waals surface area contributed by atoms with Gasteiger partial charge in [-0.25, -0.2) is 0 Å². The molecule has 0 aliphatic carbocycles. The molecule has 13 rings (SSSR count). The molecule has 0 bridgehead atoms. The Balaban J connectivity index is 1.08. The Morgan fingerprint density at radius 3 is 1.68 bits per heavy atom. The first-order valence-corrected chi connectivity index (χ1v) is 30.7. The van der Waals surface area contributed by atoms with E-state index < -0.39 is 38.2 Å². The Kier molecular flexibility index (Phi) is 12.7. The third kappa shape index (κ3) is 11.2. The Hall–Kier alpha value is -9.03. The fourth-order valence-electron chi connectivity index (χ4n) is 11.9. The second-order valence-corrected chi connectivity index (χ2v) is 25.6. The molecule has 0 N–H and O–H groups in total. The number of ether oxygens (including phenoxy) is 1. The van der Waals surface area contributed by atoms with Crippen LogP contribution in [0.25, 0.3) is 66.9 Å². The van der Waals surface area contributed by atoms with Crippen molar-refractivity contribution in [3.8, 4) is 67.5 Å². The summed E-state index contributed by atoms with van der Waals surface area (Å²) in [5.74, 6) is 0.166. The number of para-hydroxylation sites is 5. The van der Waals surface area contributed by atoms with Gasteiger partial charge in [0.05, 0.1) is 0 Å². The number of aromatic nitrogens is 3. The topological polar surface area (TPSA) is 38.5 Å². The Morgan fingerprint density at radius 1 is 0.540 bits per heavy atom. The third-order valence-electron chi connectivity index (χ3n) is 16.1. The molecular formula is C79H72BN5OPt. The van der Waals surface area contributed by atoms with Crippen LogP contribution in [-0.2, 0) is 36.6 Å². The molecule has 0 saturated carbocycles. The van der Waals surface area contributed by atoms with Crippen molar-refractivity contribution in [2.75, 3.05) is 9.62 Å². The molecule has 1 aliphatic rings. The van der Waals surface area contributed by atoms with E-state index in [4.69, 9.17) is 9.72 Å². The summed E-state index contributed by atoms with van der Waals surface area (Å²) in [6.45, 7) is 13.6. The number of hydrogen-bond donors (Lipinski definition) is 0. The molecule has 0 fully saturated rings. The van der Waals surface area contributed by atoms with Gasteiger partial charge in [-0.3, -0.25) is 0 Å². The first kappa shape index (κ1) is 47.2. The van der Waals surface area contributed by atoms with Crippen LogP contribution in [0.1, 0.15) is 90.0 Å². The predicted octanol–water partition coefficient (Wildman–Crippen LogP) is 20.1. The van der Waals surface area contributed by atoms with E-state index in [1.165, 1.54) is 0 Å². The molecule has 0 spiro atoms. The van der Waals surface area contributed by atoms with E-state index in [1.54, 1.807) is 24.3 Å². The molecule has 0 radical (unpaired) electrons. The van der Waals surface area contributed by atoms with E-state index >= 15 is 0 Å². The van der Waals surface area contributed by atoms with Crippen LogP contribution >= 0.6 is 0 Å². The van der Waals surface area contributed by atoms with E-state index in [1.807, 2.05) is 156 Å². The summed E-state index contributed by atoms with van der Waals surface area (Å²) in [4.78, 5) is 9.73. The Bertz CT molecular complexity index is 4980. The molecule has 6 nitrogen and oxygen atoms in total. The van der Waals surface area contributed by atoms with Gasteiger partial charge in [0, 0.05) is 5.69 Å². The standard InChI is InChI=1S/C79H72BN5O.Pt/c1-54(2)45-56-47-68(59-43-41-58(42-44-59)57-27-14-10-15-28-57)76(69(48-56)61-49-62(78(4,5)6)51-63(50-61)79(7,8)9)83-53-82(70-37-22-23-38-71(70)83)66-35-26-36-67(52-66)86-77-75(60-29-16-11-17-30-60)55(3)46-74(81-77)85-73-40-25-24-39-72(73)84(65-33-20-13-21-34-65)80(85)64-31-18-12-19-32-64;/h10-44,46-52,54H,45H2,1-9H3;/i3D3,22D,23D,37D,38D,45D2;.